The van der Waals surface area contributed by atoms with Crippen molar-refractivity contribution in [3.63, 3.8) is 0 Å². The lowest BCUT2D eigenvalue weighted by Gasteiger charge is -2.08. The van der Waals surface area contributed by atoms with Crippen molar-refractivity contribution in [1.82, 2.24) is 9.13 Å². The maximum absolute atomic E-state index is 2.40. The number of rotatable bonds is 4. The first-order valence-electron chi connectivity index (χ1n) is 13.9. The highest BCUT2D eigenvalue weighted by molar-refractivity contribution is 6.12. The fourth-order valence-electron chi connectivity index (χ4n) is 6.36. The number of hydrogen-bond donors (Lipinski definition) is 0. The molecule has 190 valence electrons. The molecule has 2 heteroatoms. The Kier molecular flexibility index (Phi) is 5.14. The predicted molar refractivity (Wildman–Crippen MR) is 169 cm³/mol. The maximum atomic E-state index is 2.40. The van der Waals surface area contributed by atoms with Gasteiger partial charge in [0.05, 0.1) is 11.0 Å². The van der Waals surface area contributed by atoms with Gasteiger partial charge in [0.25, 0.3) is 0 Å². The van der Waals surface area contributed by atoms with Gasteiger partial charge in [0, 0.05) is 45.3 Å². The fraction of sp³-hybridized carbons (Fsp3) is 0.0526. The van der Waals surface area contributed by atoms with Gasteiger partial charge >= 0.3 is 0 Å². The first kappa shape index (κ1) is 22.9. The van der Waals surface area contributed by atoms with E-state index in [1.165, 1.54) is 71.6 Å². The maximum Gasteiger partial charge on any atom is 0.0541 e. The second-order valence-electron chi connectivity index (χ2n) is 10.7. The molecule has 2 aromatic heterocycles. The molecular formula is C38H28N2. The monoisotopic (exact) mass is 512 g/mol. The summed E-state index contributed by atoms with van der Waals surface area (Å²) in [5.74, 6) is 0. The van der Waals surface area contributed by atoms with E-state index in [1.807, 2.05) is 0 Å². The van der Waals surface area contributed by atoms with Crippen LogP contribution >= 0.6 is 0 Å². The van der Waals surface area contributed by atoms with E-state index in [2.05, 4.69) is 156 Å². The lowest BCUT2D eigenvalue weighted by Crippen LogP contribution is -1.94. The topological polar surface area (TPSA) is 9.86 Å². The summed E-state index contributed by atoms with van der Waals surface area (Å²) in [7, 11) is 2.18. The Morgan fingerprint density at radius 3 is 1.75 bits per heavy atom. The van der Waals surface area contributed by atoms with E-state index < -0.39 is 0 Å². The smallest absolute Gasteiger partial charge is 0.0541 e. The molecular weight excluding hydrogens is 484 g/mol. The number of benzene rings is 6. The predicted octanol–water partition coefficient (Wildman–Crippen LogP) is 9.69. The van der Waals surface area contributed by atoms with Gasteiger partial charge in [-0.05, 0) is 65.1 Å². The summed E-state index contributed by atoms with van der Waals surface area (Å²) >= 11 is 0. The van der Waals surface area contributed by atoms with Crippen LogP contribution in [0.25, 0.3) is 60.4 Å². The lowest BCUT2D eigenvalue weighted by molar-refractivity contribution is 1.01. The highest BCUT2D eigenvalue weighted by Gasteiger charge is 2.15. The molecule has 8 rings (SSSR count). The minimum atomic E-state index is 0.956. The molecule has 2 heterocycles. The average Bonchev–Trinajstić information content (AvgIpc) is 3.49. The molecule has 0 unspecified atom stereocenters. The van der Waals surface area contributed by atoms with Crippen LogP contribution in [0.4, 0.5) is 0 Å². The summed E-state index contributed by atoms with van der Waals surface area (Å²) in [5, 5.41) is 5.14. The van der Waals surface area contributed by atoms with Crippen LogP contribution in [-0.2, 0) is 13.5 Å². The number of nitrogens with zero attached hydrogens (tertiary/aromatic N) is 2. The van der Waals surface area contributed by atoms with Gasteiger partial charge in [-0.3, -0.25) is 0 Å². The van der Waals surface area contributed by atoms with Crippen molar-refractivity contribution < 1.29 is 0 Å². The van der Waals surface area contributed by atoms with Crippen molar-refractivity contribution in [2.75, 3.05) is 0 Å². The molecule has 0 N–H and O–H groups in total. The summed E-state index contributed by atoms with van der Waals surface area (Å²) in [4.78, 5) is 0. The van der Waals surface area contributed by atoms with E-state index in [-0.39, 0.29) is 0 Å². The molecule has 0 aliphatic carbocycles. The third-order valence-electron chi connectivity index (χ3n) is 8.37. The van der Waals surface area contributed by atoms with Gasteiger partial charge in [0.1, 0.15) is 0 Å². The number of aryl methyl sites for hydroxylation is 1. The van der Waals surface area contributed by atoms with Crippen molar-refractivity contribution in [3.05, 3.63) is 151 Å². The van der Waals surface area contributed by atoms with Crippen LogP contribution in [0.2, 0.25) is 0 Å². The molecule has 0 amide bonds. The third kappa shape index (κ3) is 3.57. The number of fused-ring (bicyclic) bond motifs is 6. The molecule has 0 spiro atoms. The highest BCUT2D eigenvalue weighted by atomic mass is 15.0. The van der Waals surface area contributed by atoms with Crippen LogP contribution in [0.15, 0.2) is 140 Å². The van der Waals surface area contributed by atoms with Crippen LogP contribution in [0.3, 0.4) is 0 Å². The highest BCUT2D eigenvalue weighted by Crippen LogP contribution is 2.36. The molecule has 40 heavy (non-hydrogen) atoms. The largest absolute Gasteiger partial charge is 0.344 e. The zero-order chi connectivity index (χ0) is 26.6. The van der Waals surface area contributed by atoms with Crippen molar-refractivity contribution in [2.45, 2.75) is 6.42 Å². The van der Waals surface area contributed by atoms with Crippen LogP contribution in [0, 0.1) is 0 Å². The standard InChI is InChI=1S/C38H28N2/c1-39-35-22-20-30(40-36-13-7-5-11-31(36)32-12-6-8-14-37(32)40)25-34(35)33-21-19-29(24-38(33)39)28-17-15-27(16-18-28)23-26-9-3-2-4-10-26/h2-22,24-25H,23H2,1H3. The van der Waals surface area contributed by atoms with Crippen LogP contribution in [-0.4, -0.2) is 9.13 Å². The Balaban J connectivity index is 1.22. The molecule has 0 saturated carbocycles. The second kappa shape index (κ2) is 9.00. The van der Waals surface area contributed by atoms with Gasteiger partial charge in [-0.25, -0.2) is 0 Å². The second-order valence-corrected chi connectivity index (χ2v) is 10.7. The number of hydrogen-bond acceptors (Lipinski definition) is 0. The Labute approximate surface area is 233 Å². The van der Waals surface area contributed by atoms with Gasteiger partial charge in [-0.1, -0.05) is 103 Å². The number of para-hydroxylation sites is 2. The minimum Gasteiger partial charge on any atom is -0.344 e. The molecule has 0 bridgehead atoms. The molecule has 0 atom stereocenters. The van der Waals surface area contributed by atoms with Crippen LogP contribution < -0.4 is 0 Å². The van der Waals surface area contributed by atoms with Gasteiger partial charge in [-0.15, -0.1) is 0 Å². The van der Waals surface area contributed by atoms with E-state index in [9.17, 15) is 0 Å². The summed E-state index contributed by atoms with van der Waals surface area (Å²) in [6, 6.07) is 50.9. The van der Waals surface area contributed by atoms with Crippen molar-refractivity contribution >= 4 is 43.6 Å². The molecule has 2 nitrogen and oxygen atoms in total. The zero-order valence-corrected chi connectivity index (χ0v) is 22.4. The summed E-state index contributed by atoms with van der Waals surface area (Å²) in [5.41, 5.74) is 11.3. The lowest BCUT2D eigenvalue weighted by atomic mass is 9.99. The molecule has 0 aliphatic heterocycles. The van der Waals surface area contributed by atoms with Crippen LogP contribution in [0.1, 0.15) is 11.1 Å². The van der Waals surface area contributed by atoms with Gasteiger partial charge in [-0.2, -0.15) is 0 Å². The SMILES string of the molecule is Cn1c2ccc(-n3c4ccccc4c4ccccc43)cc2c2ccc(-c3ccc(Cc4ccccc4)cc3)cc21. The van der Waals surface area contributed by atoms with E-state index in [0.29, 0.717) is 0 Å². The normalized spacial score (nSPS) is 11.7. The zero-order valence-electron chi connectivity index (χ0n) is 22.4. The summed E-state index contributed by atoms with van der Waals surface area (Å²) in [6.45, 7) is 0. The Morgan fingerprint density at radius 2 is 1.02 bits per heavy atom. The average molecular weight is 513 g/mol. The molecule has 8 aromatic rings. The van der Waals surface area contributed by atoms with Crippen LogP contribution in [0.5, 0.6) is 0 Å². The Morgan fingerprint density at radius 1 is 0.425 bits per heavy atom. The summed E-state index contributed by atoms with van der Waals surface area (Å²) < 4.78 is 4.72. The summed E-state index contributed by atoms with van der Waals surface area (Å²) in [6.07, 6.45) is 0.956. The van der Waals surface area contributed by atoms with Crippen molar-refractivity contribution in [1.29, 1.82) is 0 Å². The molecule has 0 saturated heterocycles. The van der Waals surface area contributed by atoms with Gasteiger partial charge in [0.15, 0.2) is 0 Å². The molecule has 6 aromatic carbocycles. The fourth-order valence-corrected chi connectivity index (χ4v) is 6.36. The third-order valence-corrected chi connectivity index (χ3v) is 8.37. The molecule has 0 fully saturated rings. The van der Waals surface area contributed by atoms with Gasteiger partial charge in [0.2, 0.25) is 0 Å². The first-order chi connectivity index (χ1) is 19.7. The molecule has 0 radical (unpaired) electrons. The Bertz CT molecular complexity index is 2120. The quantitative estimate of drug-likeness (QED) is 0.222. The van der Waals surface area contributed by atoms with Crippen molar-refractivity contribution in [2.24, 2.45) is 7.05 Å². The number of aromatic nitrogens is 2. The first-order valence-corrected chi connectivity index (χ1v) is 13.9. The molecule has 0 aliphatic rings. The minimum absolute atomic E-state index is 0.956. The van der Waals surface area contributed by atoms with E-state index in [0.717, 1.165) is 6.42 Å². The van der Waals surface area contributed by atoms with E-state index in [4.69, 9.17) is 0 Å². The van der Waals surface area contributed by atoms with Crippen molar-refractivity contribution in [3.8, 4) is 16.8 Å². The van der Waals surface area contributed by atoms with E-state index in [1.54, 1.807) is 0 Å². The Hall–Kier alpha value is -5.08. The van der Waals surface area contributed by atoms with Gasteiger partial charge < -0.3 is 9.13 Å². The van der Waals surface area contributed by atoms with E-state index >= 15 is 0 Å².